The zero-order valence-corrected chi connectivity index (χ0v) is 11.7. The number of anilines is 1. The Labute approximate surface area is 114 Å². The summed E-state index contributed by atoms with van der Waals surface area (Å²) in [4.78, 5) is 13.9. The van der Waals surface area contributed by atoms with E-state index in [4.69, 9.17) is 4.74 Å². The number of nitrogens with zero attached hydrogens (tertiary/aromatic N) is 1. The second-order valence-electron chi connectivity index (χ2n) is 4.93. The number of piperazine rings is 1. The highest BCUT2D eigenvalue weighted by molar-refractivity contribution is 5.90. The Morgan fingerprint density at radius 2 is 2.37 bits per heavy atom. The van der Waals surface area contributed by atoms with Gasteiger partial charge in [-0.05, 0) is 24.6 Å². The van der Waals surface area contributed by atoms with Crippen LogP contribution in [-0.2, 0) is 4.74 Å². The van der Waals surface area contributed by atoms with E-state index in [1.165, 1.54) is 20.0 Å². The third kappa shape index (κ3) is 3.47. The molecule has 1 fully saturated rings. The maximum absolute atomic E-state index is 11.6. The average Bonchev–Trinajstić information content (AvgIpc) is 2.47. The summed E-state index contributed by atoms with van der Waals surface area (Å²) in [7, 11) is 1.41. The highest BCUT2D eigenvalue weighted by Crippen LogP contribution is 2.19. The van der Waals surface area contributed by atoms with Crippen LogP contribution < -0.4 is 10.2 Å². The summed E-state index contributed by atoms with van der Waals surface area (Å²) in [5.41, 5.74) is 1.72. The number of nitrogens with one attached hydrogen (secondary N) is 1. The number of carbonyl (C=O) groups is 1. The first-order valence-corrected chi connectivity index (χ1v) is 6.91. The number of ether oxygens (including phenoxy) is 1. The first-order chi connectivity index (χ1) is 9.24. The molecule has 0 saturated carbocycles. The monoisotopic (exact) mass is 262 g/mol. The second kappa shape index (κ2) is 6.57. The molecule has 1 heterocycles. The summed E-state index contributed by atoms with van der Waals surface area (Å²) in [5.74, 6) is -0.276. The van der Waals surface area contributed by atoms with Crippen LogP contribution in [-0.4, -0.2) is 38.8 Å². The van der Waals surface area contributed by atoms with Gasteiger partial charge in [-0.2, -0.15) is 0 Å². The molecule has 0 bridgehead atoms. The van der Waals surface area contributed by atoms with Gasteiger partial charge in [0, 0.05) is 31.4 Å². The first-order valence-electron chi connectivity index (χ1n) is 6.91. The van der Waals surface area contributed by atoms with Gasteiger partial charge in [0.15, 0.2) is 0 Å². The molecular formula is C15H22N2O2. The highest BCUT2D eigenvalue weighted by atomic mass is 16.5. The minimum absolute atomic E-state index is 0.276. The molecule has 1 aromatic carbocycles. The third-order valence-corrected chi connectivity index (χ3v) is 3.53. The Morgan fingerprint density at radius 1 is 1.53 bits per heavy atom. The lowest BCUT2D eigenvalue weighted by Crippen LogP contribution is -2.50. The van der Waals surface area contributed by atoms with E-state index in [1.54, 1.807) is 6.07 Å². The zero-order chi connectivity index (χ0) is 13.7. The van der Waals surface area contributed by atoms with Crippen LogP contribution in [0.25, 0.3) is 0 Å². The van der Waals surface area contributed by atoms with E-state index in [0.29, 0.717) is 11.6 Å². The van der Waals surface area contributed by atoms with Gasteiger partial charge in [0.2, 0.25) is 0 Å². The number of hydrogen-bond acceptors (Lipinski definition) is 4. The van der Waals surface area contributed by atoms with Crippen molar-refractivity contribution in [1.82, 2.24) is 5.32 Å². The van der Waals surface area contributed by atoms with Crippen molar-refractivity contribution in [3.63, 3.8) is 0 Å². The lowest BCUT2D eigenvalue weighted by atomic mass is 10.1. The molecule has 1 N–H and O–H groups in total. The predicted molar refractivity (Wildman–Crippen MR) is 76.7 cm³/mol. The Balaban J connectivity index is 2.10. The minimum Gasteiger partial charge on any atom is -0.465 e. The van der Waals surface area contributed by atoms with Gasteiger partial charge in [0.25, 0.3) is 0 Å². The average molecular weight is 262 g/mol. The van der Waals surface area contributed by atoms with Gasteiger partial charge < -0.3 is 15.0 Å². The van der Waals surface area contributed by atoms with E-state index in [2.05, 4.69) is 23.2 Å². The maximum Gasteiger partial charge on any atom is 0.337 e. The fourth-order valence-corrected chi connectivity index (χ4v) is 2.55. The standard InChI is InChI=1S/C15H22N2O2/c1-3-5-13-11-17(9-8-16-13)14-7-4-6-12(10-14)15(18)19-2/h4,6-7,10,13,16H,3,5,8-9,11H2,1-2H3/t13-/m0/s1. The molecule has 0 aliphatic carbocycles. The van der Waals surface area contributed by atoms with Crippen molar-refractivity contribution in [3.8, 4) is 0 Å². The van der Waals surface area contributed by atoms with Crippen LogP contribution in [0.2, 0.25) is 0 Å². The number of esters is 1. The van der Waals surface area contributed by atoms with Crippen LogP contribution in [0.3, 0.4) is 0 Å². The quantitative estimate of drug-likeness (QED) is 0.843. The molecule has 1 atom stereocenters. The smallest absolute Gasteiger partial charge is 0.337 e. The van der Waals surface area contributed by atoms with Gasteiger partial charge in [-0.25, -0.2) is 4.79 Å². The molecular weight excluding hydrogens is 240 g/mol. The topological polar surface area (TPSA) is 41.6 Å². The van der Waals surface area contributed by atoms with Crippen LogP contribution in [0.15, 0.2) is 24.3 Å². The van der Waals surface area contributed by atoms with Crippen LogP contribution in [0.1, 0.15) is 30.1 Å². The molecule has 4 heteroatoms. The SMILES string of the molecule is CCC[C@H]1CN(c2cccc(C(=O)OC)c2)CCN1. The summed E-state index contributed by atoms with van der Waals surface area (Å²) in [6.07, 6.45) is 2.38. The van der Waals surface area contributed by atoms with Gasteiger partial charge in [0.05, 0.1) is 12.7 Å². The Hall–Kier alpha value is -1.55. The van der Waals surface area contributed by atoms with Gasteiger partial charge >= 0.3 is 5.97 Å². The molecule has 0 amide bonds. The Kier molecular flexibility index (Phi) is 4.80. The van der Waals surface area contributed by atoms with Crippen LogP contribution in [0.5, 0.6) is 0 Å². The minimum atomic E-state index is -0.276. The molecule has 104 valence electrons. The van der Waals surface area contributed by atoms with Crippen LogP contribution >= 0.6 is 0 Å². The van der Waals surface area contributed by atoms with Gasteiger partial charge in [0.1, 0.15) is 0 Å². The fourth-order valence-electron chi connectivity index (χ4n) is 2.55. The first kappa shape index (κ1) is 13.9. The molecule has 19 heavy (non-hydrogen) atoms. The molecule has 2 rings (SSSR count). The number of hydrogen-bond donors (Lipinski definition) is 1. The van der Waals surface area contributed by atoms with E-state index in [9.17, 15) is 4.79 Å². The summed E-state index contributed by atoms with van der Waals surface area (Å²) in [6.45, 7) is 5.18. The normalized spacial score (nSPS) is 19.3. The van der Waals surface area contributed by atoms with Crippen LogP contribution in [0.4, 0.5) is 5.69 Å². The van der Waals surface area contributed by atoms with Crippen molar-refractivity contribution >= 4 is 11.7 Å². The molecule has 1 aliphatic heterocycles. The zero-order valence-electron chi connectivity index (χ0n) is 11.7. The van der Waals surface area contributed by atoms with Crippen molar-refractivity contribution in [1.29, 1.82) is 0 Å². The van der Waals surface area contributed by atoms with E-state index in [0.717, 1.165) is 25.3 Å². The van der Waals surface area contributed by atoms with E-state index in [1.807, 2.05) is 12.1 Å². The summed E-state index contributed by atoms with van der Waals surface area (Å²) in [6, 6.07) is 8.22. The maximum atomic E-state index is 11.6. The van der Waals surface area contributed by atoms with Crippen molar-refractivity contribution in [3.05, 3.63) is 29.8 Å². The lowest BCUT2D eigenvalue weighted by molar-refractivity contribution is 0.0601. The van der Waals surface area contributed by atoms with Gasteiger partial charge in [-0.3, -0.25) is 0 Å². The Morgan fingerprint density at radius 3 is 3.11 bits per heavy atom. The van der Waals surface area contributed by atoms with Crippen molar-refractivity contribution < 1.29 is 9.53 Å². The number of benzene rings is 1. The van der Waals surface area contributed by atoms with Gasteiger partial charge in [-0.1, -0.05) is 19.4 Å². The predicted octanol–water partition coefficient (Wildman–Crippen LogP) is 2.05. The number of rotatable bonds is 4. The Bertz CT molecular complexity index is 432. The summed E-state index contributed by atoms with van der Waals surface area (Å²) in [5, 5.41) is 3.54. The molecule has 4 nitrogen and oxygen atoms in total. The largest absolute Gasteiger partial charge is 0.465 e. The second-order valence-corrected chi connectivity index (χ2v) is 4.93. The number of carbonyl (C=O) groups excluding carboxylic acids is 1. The van der Waals surface area contributed by atoms with Crippen molar-refractivity contribution in [2.24, 2.45) is 0 Å². The van der Waals surface area contributed by atoms with Gasteiger partial charge in [-0.15, -0.1) is 0 Å². The molecule has 0 radical (unpaired) electrons. The van der Waals surface area contributed by atoms with E-state index >= 15 is 0 Å². The summed E-state index contributed by atoms with van der Waals surface area (Å²) < 4.78 is 4.77. The molecule has 0 unspecified atom stereocenters. The van der Waals surface area contributed by atoms with Crippen molar-refractivity contribution in [2.75, 3.05) is 31.6 Å². The van der Waals surface area contributed by atoms with Crippen LogP contribution in [0, 0.1) is 0 Å². The fraction of sp³-hybridized carbons (Fsp3) is 0.533. The molecule has 1 aromatic rings. The third-order valence-electron chi connectivity index (χ3n) is 3.53. The van der Waals surface area contributed by atoms with E-state index < -0.39 is 0 Å². The van der Waals surface area contributed by atoms with Crippen molar-refractivity contribution in [2.45, 2.75) is 25.8 Å². The highest BCUT2D eigenvalue weighted by Gasteiger charge is 2.19. The molecule has 0 aromatic heterocycles. The molecule has 1 saturated heterocycles. The number of methoxy groups -OCH3 is 1. The molecule has 1 aliphatic rings. The van der Waals surface area contributed by atoms with E-state index in [-0.39, 0.29) is 5.97 Å². The summed E-state index contributed by atoms with van der Waals surface area (Å²) >= 11 is 0. The molecule has 0 spiro atoms. The lowest BCUT2D eigenvalue weighted by Gasteiger charge is -2.35.